The van der Waals surface area contributed by atoms with E-state index in [2.05, 4.69) is 26.8 Å². The second kappa shape index (κ2) is 10.2. The number of aliphatic carboxylic acids is 1. The Balaban J connectivity index is 1.57. The smallest absolute Gasteiger partial charge is 0.397 e. The lowest BCUT2D eigenvalue weighted by Gasteiger charge is -2.71. The molecule has 4 saturated carbocycles. The lowest BCUT2D eigenvalue weighted by Crippen LogP contribution is -2.66. The molecule has 0 heterocycles. The summed E-state index contributed by atoms with van der Waals surface area (Å²) < 4.78 is 75.9. The quantitative estimate of drug-likeness (QED) is 0.219. The summed E-state index contributed by atoms with van der Waals surface area (Å²) in [6.07, 6.45) is 7.17. The second-order valence-electron chi connectivity index (χ2n) is 15.7. The van der Waals surface area contributed by atoms with Crippen molar-refractivity contribution in [1.29, 1.82) is 0 Å². The first-order valence-electron chi connectivity index (χ1n) is 15.4. The van der Waals surface area contributed by atoms with Crippen LogP contribution in [0.15, 0.2) is 11.6 Å². The van der Waals surface area contributed by atoms with Gasteiger partial charge in [-0.1, -0.05) is 46.3 Å². The predicted octanol–water partition coefficient (Wildman–Crippen LogP) is 4.83. The van der Waals surface area contributed by atoms with E-state index in [1.165, 1.54) is 5.57 Å². The maximum atomic E-state index is 12.9. The van der Waals surface area contributed by atoms with Crippen LogP contribution in [0.3, 0.4) is 0 Å². The summed E-state index contributed by atoms with van der Waals surface area (Å²) in [6, 6.07) is 0. The molecule has 246 valence electrons. The molecule has 0 aromatic carbocycles. The highest BCUT2D eigenvalue weighted by atomic mass is 32.3. The van der Waals surface area contributed by atoms with E-state index in [4.69, 9.17) is 8.37 Å². The van der Waals surface area contributed by atoms with Gasteiger partial charge >= 0.3 is 26.8 Å². The number of aliphatic hydroxyl groups is 1. The van der Waals surface area contributed by atoms with Gasteiger partial charge in [0.05, 0.1) is 18.1 Å². The average molecular weight is 649 g/mol. The van der Waals surface area contributed by atoms with E-state index in [0.717, 1.165) is 12.8 Å². The van der Waals surface area contributed by atoms with Gasteiger partial charge in [-0.25, -0.2) is 8.37 Å². The van der Waals surface area contributed by atoms with Crippen LogP contribution in [-0.2, 0) is 34.0 Å². The molecule has 0 amide bonds. The molecule has 13 heteroatoms. The highest BCUT2D eigenvalue weighted by Gasteiger charge is 2.70. The summed E-state index contributed by atoms with van der Waals surface area (Å²) in [4.78, 5) is 12.9. The zero-order valence-electron chi connectivity index (χ0n) is 25.8. The third-order valence-electron chi connectivity index (χ3n) is 13.8. The molecular formula is C30H48O11S2. The first kappa shape index (κ1) is 33.3. The van der Waals surface area contributed by atoms with Gasteiger partial charge in [0.2, 0.25) is 0 Å². The molecule has 5 aliphatic rings. The number of rotatable bonds is 7. The first-order valence-corrected chi connectivity index (χ1v) is 18.1. The van der Waals surface area contributed by atoms with Crippen LogP contribution >= 0.6 is 0 Å². The van der Waals surface area contributed by atoms with Crippen LogP contribution < -0.4 is 0 Å². The molecular weight excluding hydrogens is 600 g/mol. The zero-order valence-corrected chi connectivity index (χ0v) is 27.5. The van der Waals surface area contributed by atoms with Crippen molar-refractivity contribution in [1.82, 2.24) is 0 Å². The molecule has 11 nitrogen and oxygen atoms in total. The summed E-state index contributed by atoms with van der Waals surface area (Å²) in [5.41, 5.74) is -2.09. The molecule has 10 atom stereocenters. The van der Waals surface area contributed by atoms with E-state index >= 15 is 0 Å². The van der Waals surface area contributed by atoms with Crippen LogP contribution in [0.4, 0.5) is 0 Å². The number of carboxylic acids is 1. The number of aliphatic hydroxyl groups excluding tert-OH is 1. The Bertz CT molecular complexity index is 1410. The van der Waals surface area contributed by atoms with Crippen LogP contribution in [0, 0.1) is 50.2 Å². The fraction of sp³-hybridized carbons (Fsp3) is 0.900. The van der Waals surface area contributed by atoms with Crippen molar-refractivity contribution < 1.29 is 49.3 Å². The van der Waals surface area contributed by atoms with E-state index in [0.29, 0.717) is 44.9 Å². The van der Waals surface area contributed by atoms with E-state index in [-0.39, 0.29) is 47.0 Å². The third kappa shape index (κ3) is 5.04. The normalized spacial score (nSPS) is 48.2. The van der Waals surface area contributed by atoms with Gasteiger partial charge in [0, 0.05) is 12.0 Å². The largest absolute Gasteiger partial charge is 0.481 e. The molecule has 5 aliphatic carbocycles. The number of hydrogen-bond acceptors (Lipinski definition) is 8. The van der Waals surface area contributed by atoms with Gasteiger partial charge in [0.15, 0.2) is 0 Å². The van der Waals surface area contributed by atoms with Gasteiger partial charge < -0.3 is 10.2 Å². The molecule has 0 bridgehead atoms. The van der Waals surface area contributed by atoms with Gasteiger partial charge in [-0.05, 0) is 104 Å². The number of carbonyl (C=O) groups is 1. The lowest BCUT2D eigenvalue weighted by molar-refractivity contribution is -0.211. The predicted molar refractivity (Wildman–Crippen MR) is 156 cm³/mol. The van der Waals surface area contributed by atoms with Crippen molar-refractivity contribution in [2.75, 3.05) is 13.2 Å². The molecule has 0 aromatic rings. The molecule has 0 unspecified atom stereocenters. The fourth-order valence-corrected chi connectivity index (χ4v) is 12.2. The van der Waals surface area contributed by atoms with Crippen LogP contribution in [0.25, 0.3) is 0 Å². The second-order valence-corrected chi connectivity index (χ2v) is 17.9. The molecule has 4 N–H and O–H groups in total. The van der Waals surface area contributed by atoms with Crippen molar-refractivity contribution in [3.63, 3.8) is 0 Å². The highest BCUT2D eigenvalue weighted by Crippen LogP contribution is 2.76. The van der Waals surface area contributed by atoms with E-state index in [1.54, 1.807) is 6.92 Å². The zero-order chi connectivity index (χ0) is 32.1. The van der Waals surface area contributed by atoms with Gasteiger partial charge in [0.25, 0.3) is 0 Å². The van der Waals surface area contributed by atoms with Crippen LogP contribution in [0.1, 0.15) is 98.8 Å². The summed E-state index contributed by atoms with van der Waals surface area (Å²) in [5, 5.41) is 20.8. The fourth-order valence-electron chi connectivity index (χ4n) is 11.2. The van der Waals surface area contributed by atoms with Crippen molar-refractivity contribution in [3.8, 4) is 0 Å². The molecule has 4 fully saturated rings. The maximum absolute atomic E-state index is 12.9. The molecule has 0 spiro atoms. The summed E-state index contributed by atoms with van der Waals surface area (Å²) in [7, 11) is -9.67. The topological polar surface area (TPSA) is 185 Å². The monoisotopic (exact) mass is 648 g/mol. The SMILES string of the molecule is C[C@@]1(CO)CC[C@]2(C(=O)O)CC[C@]3(C)C(=CC[C@@H]4[C@@]5(C)CC[C@H](OS(=O)(=O)O)[C@@](C)(COS(=O)(=O)O)[C@@H]5CC[C@]43C)[C@@H]2C1. The van der Waals surface area contributed by atoms with Gasteiger partial charge in [-0.3, -0.25) is 13.9 Å². The highest BCUT2D eigenvalue weighted by molar-refractivity contribution is 7.81. The van der Waals surface area contributed by atoms with Crippen LogP contribution in [-0.4, -0.2) is 61.4 Å². The number of hydrogen-bond donors (Lipinski definition) is 4. The molecule has 0 aliphatic heterocycles. The summed E-state index contributed by atoms with van der Waals surface area (Å²) in [6.45, 7) is 10.0. The lowest BCUT2D eigenvalue weighted by atomic mass is 9.33. The number of carboxylic acid groups (broad SMARTS) is 1. The Morgan fingerprint density at radius 3 is 2.14 bits per heavy atom. The van der Waals surface area contributed by atoms with Crippen LogP contribution in [0.2, 0.25) is 0 Å². The van der Waals surface area contributed by atoms with Crippen molar-refractivity contribution in [2.45, 2.75) is 105 Å². The van der Waals surface area contributed by atoms with Gasteiger partial charge in [-0.15, -0.1) is 0 Å². The van der Waals surface area contributed by atoms with Crippen molar-refractivity contribution in [3.05, 3.63) is 11.6 Å². The Morgan fingerprint density at radius 1 is 0.907 bits per heavy atom. The molecule has 5 rings (SSSR count). The third-order valence-corrected chi connectivity index (χ3v) is 14.7. The molecule has 0 saturated heterocycles. The van der Waals surface area contributed by atoms with Crippen molar-refractivity contribution in [2.24, 2.45) is 50.2 Å². The number of allylic oxidation sites excluding steroid dienone is 2. The summed E-state index contributed by atoms with van der Waals surface area (Å²) in [5.74, 6) is -1.08. The maximum Gasteiger partial charge on any atom is 0.397 e. The van der Waals surface area contributed by atoms with Crippen LogP contribution in [0.5, 0.6) is 0 Å². The van der Waals surface area contributed by atoms with E-state index < -0.39 is 55.7 Å². The van der Waals surface area contributed by atoms with Gasteiger partial charge in [-0.2, -0.15) is 16.8 Å². The summed E-state index contributed by atoms with van der Waals surface area (Å²) >= 11 is 0. The van der Waals surface area contributed by atoms with Gasteiger partial charge in [0.1, 0.15) is 0 Å². The average Bonchev–Trinajstić information content (AvgIpc) is 2.88. The minimum absolute atomic E-state index is 0.0137. The molecule has 0 radical (unpaired) electrons. The van der Waals surface area contributed by atoms with Crippen molar-refractivity contribution >= 4 is 26.8 Å². The molecule has 0 aromatic heterocycles. The van der Waals surface area contributed by atoms with E-state index in [9.17, 15) is 40.9 Å². The minimum atomic E-state index is -4.85. The standard InChI is InChI=1S/C30H48O11S2/c1-25(17-31)12-14-30(24(32)33)15-13-28(4)19(20(30)16-25)6-7-22-26(2)10-9-23(41-43(37,38)39)27(3,18-40-42(34,35)36)21(26)8-11-29(22,28)5/h6,20-23,31H,7-18H2,1-5H3,(H,32,33)(H,34,35,36)(H,37,38,39)/t20-,21+,22+,23-,25+,26-,27-,28+,29+,30-/m0/s1. The van der Waals surface area contributed by atoms with E-state index in [1.807, 2.05) is 6.92 Å². The molecule has 43 heavy (non-hydrogen) atoms. The Labute approximate surface area is 255 Å². The Hall–Kier alpha value is -1.09. The minimum Gasteiger partial charge on any atom is -0.481 e. The Kier molecular flexibility index (Phi) is 7.90. The number of fused-ring (bicyclic) bond motifs is 7. The first-order chi connectivity index (χ1) is 19.6. The Morgan fingerprint density at radius 2 is 1.56 bits per heavy atom.